The average molecular weight is 325 g/mol. The van der Waals surface area contributed by atoms with Gasteiger partial charge in [-0.1, -0.05) is 12.1 Å². The fourth-order valence-corrected chi connectivity index (χ4v) is 2.36. The molecule has 0 fully saturated rings. The molecular formula is C20H23NO3. The molecule has 0 radical (unpaired) electrons. The predicted molar refractivity (Wildman–Crippen MR) is 95.7 cm³/mol. The molecule has 0 unspecified atom stereocenters. The van der Waals surface area contributed by atoms with Gasteiger partial charge >= 0.3 is 0 Å². The Balaban J connectivity index is 1.88. The summed E-state index contributed by atoms with van der Waals surface area (Å²) in [5.74, 6) is 0.541. The number of rotatable bonds is 7. The third-order valence-corrected chi connectivity index (χ3v) is 3.73. The Labute approximate surface area is 142 Å². The van der Waals surface area contributed by atoms with Crippen molar-refractivity contribution in [3.8, 4) is 5.75 Å². The van der Waals surface area contributed by atoms with E-state index in [1.165, 1.54) is 0 Å². The first-order valence-corrected chi connectivity index (χ1v) is 8.12. The van der Waals surface area contributed by atoms with Crippen LogP contribution in [0.3, 0.4) is 0 Å². The summed E-state index contributed by atoms with van der Waals surface area (Å²) in [6, 6.07) is 12.9. The number of carbonyl (C=O) groups excluding carboxylic acids is 2. The normalized spacial score (nSPS) is 10.3. The minimum absolute atomic E-state index is 0.0471. The van der Waals surface area contributed by atoms with Crippen LogP contribution in [-0.2, 0) is 4.79 Å². The number of amides is 1. The zero-order chi connectivity index (χ0) is 17.5. The van der Waals surface area contributed by atoms with E-state index < -0.39 is 0 Å². The van der Waals surface area contributed by atoms with Crippen LogP contribution in [-0.4, -0.2) is 18.3 Å². The molecule has 2 rings (SSSR count). The Hall–Kier alpha value is -2.62. The molecule has 0 aliphatic heterocycles. The van der Waals surface area contributed by atoms with E-state index in [0.717, 1.165) is 22.6 Å². The molecule has 2 aromatic carbocycles. The van der Waals surface area contributed by atoms with Crippen molar-refractivity contribution in [3.05, 3.63) is 59.2 Å². The van der Waals surface area contributed by atoms with E-state index in [4.69, 9.17) is 4.74 Å². The molecule has 0 saturated carbocycles. The molecule has 0 bridgehead atoms. The minimum atomic E-state index is -0.150. The van der Waals surface area contributed by atoms with Crippen LogP contribution in [0.1, 0.15) is 41.3 Å². The lowest BCUT2D eigenvalue weighted by atomic mass is 10.1. The summed E-state index contributed by atoms with van der Waals surface area (Å²) in [7, 11) is 0. The largest absolute Gasteiger partial charge is 0.494 e. The monoisotopic (exact) mass is 325 g/mol. The summed E-state index contributed by atoms with van der Waals surface area (Å²) in [6.07, 6.45) is 0.351. The van der Waals surface area contributed by atoms with Gasteiger partial charge < -0.3 is 10.1 Å². The number of ether oxygens (including phenoxy) is 1. The van der Waals surface area contributed by atoms with Gasteiger partial charge in [-0.3, -0.25) is 9.59 Å². The maximum absolute atomic E-state index is 12.2. The zero-order valence-corrected chi connectivity index (χ0v) is 14.4. The lowest BCUT2D eigenvalue weighted by molar-refractivity contribution is -0.116. The molecule has 1 N–H and O–H groups in total. The lowest BCUT2D eigenvalue weighted by Crippen LogP contribution is -2.14. The highest BCUT2D eigenvalue weighted by molar-refractivity contribution is 6.00. The summed E-state index contributed by atoms with van der Waals surface area (Å²) in [6.45, 7) is 6.42. The van der Waals surface area contributed by atoms with Gasteiger partial charge in [-0.25, -0.2) is 0 Å². The molecule has 0 heterocycles. The first kappa shape index (κ1) is 17.7. The molecule has 0 aliphatic carbocycles. The number of benzene rings is 2. The van der Waals surface area contributed by atoms with Gasteiger partial charge in [0.05, 0.1) is 6.61 Å². The lowest BCUT2D eigenvalue weighted by Gasteiger charge is -2.09. The number of aryl methyl sites for hydroxylation is 2. The minimum Gasteiger partial charge on any atom is -0.494 e. The third-order valence-electron chi connectivity index (χ3n) is 3.73. The van der Waals surface area contributed by atoms with Crippen LogP contribution in [0.25, 0.3) is 0 Å². The van der Waals surface area contributed by atoms with Crippen LogP contribution in [0.4, 0.5) is 5.69 Å². The molecule has 4 nitrogen and oxygen atoms in total. The number of carbonyl (C=O) groups is 2. The second-order valence-corrected chi connectivity index (χ2v) is 5.75. The van der Waals surface area contributed by atoms with Crippen molar-refractivity contribution in [1.82, 2.24) is 0 Å². The van der Waals surface area contributed by atoms with Crippen molar-refractivity contribution in [2.24, 2.45) is 0 Å². The SMILES string of the molecule is CCOc1ccc(C(=O)CCC(=O)Nc2cc(C)ccc2C)cc1. The number of hydrogen-bond acceptors (Lipinski definition) is 3. The molecule has 0 spiro atoms. The van der Waals surface area contributed by atoms with Gasteiger partial charge in [0.25, 0.3) is 0 Å². The molecular weight excluding hydrogens is 302 g/mol. The van der Waals surface area contributed by atoms with Crippen molar-refractivity contribution in [2.75, 3.05) is 11.9 Å². The molecule has 0 atom stereocenters. The van der Waals surface area contributed by atoms with Gasteiger partial charge in [-0.05, 0) is 62.2 Å². The molecule has 24 heavy (non-hydrogen) atoms. The van der Waals surface area contributed by atoms with Crippen LogP contribution in [0.5, 0.6) is 5.75 Å². The van der Waals surface area contributed by atoms with E-state index in [0.29, 0.717) is 12.2 Å². The summed E-state index contributed by atoms with van der Waals surface area (Å²) in [4.78, 5) is 24.2. The van der Waals surface area contributed by atoms with Crippen molar-refractivity contribution >= 4 is 17.4 Å². The van der Waals surface area contributed by atoms with Crippen LogP contribution >= 0.6 is 0 Å². The average Bonchev–Trinajstić information content (AvgIpc) is 2.57. The Morgan fingerprint density at radius 1 is 1.00 bits per heavy atom. The number of nitrogens with one attached hydrogen (secondary N) is 1. The highest BCUT2D eigenvalue weighted by atomic mass is 16.5. The summed E-state index contributed by atoms with van der Waals surface area (Å²) in [5.41, 5.74) is 3.49. The molecule has 0 aromatic heterocycles. The quantitative estimate of drug-likeness (QED) is 0.772. The number of ketones is 1. The van der Waals surface area contributed by atoms with E-state index in [1.54, 1.807) is 24.3 Å². The number of Topliss-reactive ketones (excluding diaryl/α,β-unsaturated/α-hetero) is 1. The van der Waals surface area contributed by atoms with Crippen molar-refractivity contribution < 1.29 is 14.3 Å². The Morgan fingerprint density at radius 3 is 2.38 bits per heavy atom. The highest BCUT2D eigenvalue weighted by Gasteiger charge is 2.11. The maximum Gasteiger partial charge on any atom is 0.224 e. The van der Waals surface area contributed by atoms with Gasteiger partial charge in [0.2, 0.25) is 5.91 Å². The molecule has 0 aliphatic rings. The van der Waals surface area contributed by atoms with E-state index in [-0.39, 0.29) is 24.5 Å². The topological polar surface area (TPSA) is 55.4 Å². The summed E-state index contributed by atoms with van der Waals surface area (Å²) in [5, 5.41) is 2.87. The van der Waals surface area contributed by atoms with Gasteiger partial charge in [-0.2, -0.15) is 0 Å². The fourth-order valence-electron chi connectivity index (χ4n) is 2.36. The van der Waals surface area contributed by atoms with E-state index in [1.807, 2.05) is 39.0 Å². The van der Waals surface area contributed by atoms with Crippen molar-refractivity contribution in [1.29, 1.82) is 0 Å². The second-order valence-electron chi connectivity index (χ2n) is 5.75. The van der Waals surface area contributed by atoms with Gasteiger partial charge in [0, 0.05) is 24.1 Å². The van der Waals surface area contributed by atoms with Crippen LogP contribution in [0.2, 0.25) is 0 Å². The Morgan fingerprint density at radius 2 is 1.71 bits per heavy atom. The van der Waals surface area contributed by atoms with E-state index in [2.05, 4.69) is 5.32 Å². The van der Waals surface area contributed by atoms with Gasteiger partial charge in [0.15, 0.2) is 5.78 Å². The molecule has 2 aromatic rings. The van der Waals surface area contributed by atoms with Crippen LogP contribution in [0.15, 0.2) is 42.5 Å². The summed E-state index contributed by atoms with van der Waals surface area (Å²) >= 11 is 0. The standard InChI is InChI=1S/C20H23NO3/c1-4-24-17-9-7-16(8-10-17)19(22)11-12-20(23)21-18-13-14(2)5-6-15(18)3/h5-10,13H,4,11-12H2,1-3H3,(H,21,23). The smallest absolute Gasteiger partial charge is 0.224 e. The molecule has 126 valence electrons. The fraction of sp³-hybridized carbons (Fsp3) is 0.300. The van der Waals surface area contributed by atoms with E-state index >= 15 is 0 Å². The second kappa shape index (κ2) is 8.29. The molecule has 4 heteroatoms. The Kier molecular flexibility index (Phi) is 6.13. The highest BCUT2D eigenvalue weighted by Crippen LogP contribution is 2.17. The first-order chi connectivity index (χ1) is 11.5. The van der Waals surface area contributed by atoms with Crippen molar-refractivity contribution in [3.63, 3.8) is 0 Å². The molecule has 1 amide bonds. The van der Waals surface area contributed by atoms with Crippen LogP contribution in [0, 0.1) is 13.8 Å². The third kappa shape index (κ3) is 4.95. The maximum atomic E-state index is 12.2. The predicted octanol–water partition coefficient (Wildman–Crippen LogP) is 4.30. The van der Waals surface area contributed by atoms with Gasteiger partial charge in [-0.15, -0.1) is 0 Å². The van der Waals surface area contributed by atoms with Crippen molar-refractivity contribution in [2.45, 2.75) is 33.6 Å². The summed E-state index contributed by atoms with van der Waals surface area (Å²) < 4.78 is 5.35. The van der Waals surface area contributed by atoms with E-state index in [9.17, 15) is 9.59 Å². The molecule has 0 saturated heterocycles. The first-order valence-electron chi connectivity index (χ1n) is 8.12. The van der Waals surface area contributed by atoms with Gasteiger partial charge in [0.1, 0.15) is 5.75 Å². The number of anilines is 1. The zero-order valence-electron chi connectivity index (χ0n) is 14.4. The Bertz CT molecular complexity index is 720. The number of hydrogen-bond donors (Lipinski definition) is 1. The van der Waals surface area contributed by atoms with Crippen LogP contribution < -0.4 is 10.1 Å².